The zero-order valence-corrected chi connectivity index (χ0v) is 23.3. The average molecular weight is 628 g/mol. The van der Waals surface area contributed by atoms with E-state index >= 15 is 0 Å². The van der Waals surface area contributed by atoms with Gasteiger partial charge in [-0.15, -0.1) is 0 Å². The summed E-state index contributed by atoms with van der Waals surface area (Å²) >= 11 is 3.02. The summed E-state index contributed by atoms with van der Waals surface area (Å²) in [5.41, 5.74) is 3.37. The number of anilines is 1. The van der Waals surface area contributed by atoms with Crippen LogP contribution in [0.5, 0.6) is 11.5 Å². The van der Waals surface area contributed by atoms with Crippen LogP contribution in [0.15, 0.2) is 71.6 Å². The molecule has 1 aliphatic heterocycles. The van der Waals surface area contributed by atoms with Crippen molar-refractivity contribution in [2.24, 2.45) is 0 Å². The molecular weight excluding hydrogens is 603 g/mol. The summed E-state index contributed by atoms with van der Waals surface area (Å²) in [4.78, 5) is 39.5. The topological polar surface area (TPSA) is 84.9 Å². The SMILES string of the molecule is CCOc1cc(/C=C2\SC(=O)N(Cc3ccc(C)cc3)C2=O)cc(I)c1OCC(=O)Nc1ccccc1. The third-order valence-corrected chi connectivity index (χ3v) is 7.08. The first-order valence-electron chi connectivity index (χ1n) is 11.6. The first-order valence-corrected chi connectivity index (χ1v) is 13.5. The molecule has 1 heterocycles. The van der Waals surface area contributed by atoms with Crippen molar-refractivity contribution in [3.05, 3.63) is 91.9 Å². The van der Waals surface area contributed by atoms with E-state index in [4.69, 9.17) is 9.47 Å². The Morgan fingerprint density at radius 2 is 1.78 bits per heavy atom. The zero-order valence-electron chi connectivity index (χ0n) is 20.3. The Labute approximate surface area is 233 Å². The van der Waals surface area contributed by atoms with Gasteiger partial charge >= 0.3 is 0 Å². The smallest absolute Gasteiger partial charge is 0.293 e. The molecule has 7 nitrogen and oxygen atoms in total. The maximum Gasteiger partial charge on any atom is 0.293 e. The third-order valence-electron chi connectivity index (χ3n) is 5.37. The molecule has 0 radical (unpaired) electrons. The number of hydrogen-bond donors (Lipinski definition) is 1. The van der Waals surface area contributed by atoms with E-state index < -0.39 is 0 Å². The van der Waals surface area contributed by atoms with Crippen molar-refractivity contribution < 1.29 is 23.9 Å². The Morgan fingerprint density at radius 1 is 1.05 bits per heavy atom. The molecule has 1 aliphatic rings. The number of benzene rings is 3. The molecule has 9 heteroatoms. The molecule has 190 valence electrons. The lowest BCUT2D eigenvalue weighted by atomic mass is 10.1. The van der Waals surface area contributed by atoms with Crippen molar-refractivity contribution in [3.63, 3.8) is 0 Å². The van der Waals surface area contributed by atoms with E-state index in [1.54, 1.807) is 24.3 Å². The van der Waals surface area contributed by atoms with Crippen molar-refractivity contribution >= 4 is 63.2 Å². The zero-order chi connectivity index (χ0) is 26.4. The molecule has 1 saturated heterocycles. The fourth-order valence-corrected chi connectivity index (χ4v) is 5.21. The molecule has 4 rings (SSSR count). The molecule has 37 heavy (non-hydrogen) atoms. The van der Waals surface area contributed by atoms with Crippen molar-refractivity contribution in [2.75, 3.05) is 18.5 Å². The number of para-hydroxylation sites is 1. The Balaban J connectivity index is 1.49. The Kier molecular flexibility index (Phi) is 8.88. The maximum atomic E-state index is 13.0. The van der Waals surface area contributed by atoms with Crippen LogP contribution in [0, 0.1) is 10.5 Å². The number of halogens is 1. The van der Waals surface area contributed by atoms with Crippen LogP contribution < -0.4 is 14.8 Å². The molecular formula is C28H25IN2O5S. The number of ether oxygens (including phenoxy) is 2. The molecule has 0 saturated carbocycles. The van der Waals surface area contributed by atoms with Crippen LogP contribution in [0.4, 0.5) is 10.5 Å². The minimum Gasteiger partial charge on any atom is -0.490 e. The first kappa shape index (κ1) is 26.7. The Morgan fingerprint density at radius 3 is 2.49 bits per heavy atom. The van der Waals surface area contributed by atoms with Crippen LogP contribution in [-0.2, 0) is 16.1 Å². The Bertz CT molecular complexity index is 1340. The second kappa shape index (κ2) is 12.3. The lowest BCUT2D eigenvalue weighted by molar-refractivity contribution is -0.123. The molecule has 0 spiro atoms. The van der Waals surface area contributed by atoms with E-state index in [-0.39, 0.29) is 30.2 Å². The van der Waals surface area contributed by atoms with Gasteiger partial charge in [-0.3, -0.25) is 19.3 Å². The monoisotopic (exact) mass is 628 g/mol. The largest absolute Gasteiger partial charge is 0.490 e. The second-order valence-corrected chi connectivity index (χ2v) is 10.4. The number of rotatable bonds is 9. The number of hydrogen-bond acceptors (Lipinski definition) is 6. The summed E-state index contributed by atoms with van der Waals surface area (Å²) in [5.74, 6) is 0.263. The molecule has 0 aliphatic carbocycles. The highest BCUT2D eigenvalue weighted by Crippen LogP contribution is 2.38. The quantitative estimate of drug-likeness (QED) is 0.223. The van der Waals surface area contributed by atoms with Crippen LogP contribution in [0.25, 0.3) is 6.08 Å². The van der Waals surface area contributed by atoms with Gasteiger partial charge in [-0.2, -0.15) is 0 Å². The van der Waals surface area contributed by atoms with Crippen LogP contribution in [0.1, 0.15) is 23.6 Å². The number of nitrogens with zero attached hydrogens (tertiary/aromatic N) is 1. The van der Waals surface area contributed by atoms with Gasteiger partial charge < -0.3 is 14.8 Å². The summed E-state index contributed by atoms with van der Waals surface area (Å²) in [5, 5.41) is 2.48. The summed E-state index contributed by atoms with van der Waals surface area (Å²) in [6.07, 6.45) is 1.68. The normalized spacial score (nSPS) is 14.2. The first-order chi connectivity index (χ1) is 17.8. The van der Waals surface area contributed by atoms with Gasteiger partial charge in [0.15, 0.2) is 18.1 Å². The summed E-state index contributed by atoms with van der Waals surface area (Å²) in [6.45, 7) is 4.26. The number of aryl methyl sites for hydroxylation is 1. The highest BCUT2D eigenvalue weighted by molar-refractivity contribution is 14.1. The van der Waals surface area contributed by atoms with Gasteiger partial charge in [-0.1, -0.05) is 48.0 Å². The van der Waals surface area contributed by atoms with Crippen molar-refractivity contribution in [2.45, 2.75) is 20.4 Å². The number of carbonyl (C=O) groups is 3. The molecule has 0 unspecified atom stereocenters. The van der Waals surface area contributed by atoms with Gasteiger partial charge in [-0.25, -0.2) is 0 Å². The second-order valence-electron chi connectivity index (χ2n) is 8.22. The summed E-state index contributed by atoms with van der Waals surface area (Å²) < 4.78 is 12.3. The van der Waals surface area contributed by atoms with Gasteiger partial charge in [0.05, 0.1) is 21.6 Å². The predicted octanol–water partition coefficient (Wildman–Crippen LogP) is 6.25. The van der Waals surface area contributed by atoms with E-state index in [1.807, 2.05) is 62.4 Å². The number of amides is 3. The van der Waals surface area contributed by atoms with Crippen LogP contribution >= 0.6 is 34.4 Å². The van der Waals surface area contributed by atoms with Gasteiger partial charge in [-0.05, 0) is 89.7 Å². The van der Waals surface area contributed by atoms with Crippen LogP contribution in [0.3, 0.4) is 0 Å². The lowest BCUT2D eigenvalue weighted by Crippen LogP contribution is -2.27. The molecule has 3 aromatic rings. The van der Waals surface area contributed by atoms with Crippen molar-refractivity contribution in [3.8, 4) is 11.5 Å². The van der Waals surface area contributed by atoms with Crippen LogP contribution in [0.2, 0.25) is 0 Å². The summed E-state index contributed by atoms with van der Waals surface area (Å²) in [6, 6.07) is 20.4. The molecule has 3 amide bonds. The van der Waals surface area contributed by atoms with E-state index in [9.17, 15) is 14.4 Å². The van der Waals surface area contributed by atoms with E-state index in [0.29, 0.717) is 37.8 Å². The maximum absolute atomic E-state index is 13.0. The third kappa shape index (κ3) is 6.92. The molecule has 0 bridgehead atoms. The molecule has 3 aromatic carbocycles. The number of thioether (sulfide) groups is 1. The standard InChI is InChI=1S/C28H25IN2O5S/c1-3-35-23-14-20(13-22(29)26(23)36-17-25(32)30-21-7-5-4-6-8-21)15-24-27(33)31(28(34)37-24)16-19-11-9-18(2)10-12-19/h4-15H,3,16-17H2,1-2H3,(H,30,32)/b24-15-. The van der Waals surface area contributed by atoms with Gasteiger partial charge in [0.25, 0.3) is 17.1 Å². The van der Waals surface area contributed by atoms with Gasteiger partial charge in [0.2, 0.25) is 0 Å². The van der Waals surface area contributed by atoms with E-state index in [1.165, 1.54) is 4.90 Å². The van der Waals surface area contributed by atoms with Crippen molar-refractivity contribution in [1.29, 1.82) is 0 Å². The minimum atomic E-state index is -0.332. The molecule has 1 fully saturated rings. The predicted molar refractivity (Wildman–Crippen MR) is 154 cm³/mol. The molecule has 0 atom stereocenters. The van der Waals surface area contributed by atoms with E-state index in [0.717, 1.165) is 22.9 Å². The fourth-order valence-electron chi connectivity index (χ4n) is 3.59. The number of carbonyl (C=O) groups excluding carboxylic acids is 3. The number of imide groups is 1. The summed E-state index contributed by atoms with van der Waals surface area (Å²) in [7, 11) is 0. The molecule has 1 N–H and O–H groups in total. The van der Waals surface area contributed by atoms with Crippen molar-refractivity contribution in [1.82, 2.24) is 4.90 Å². The van der Waals surface area contributed by atoms with E-state index in [2.05, 4.69) is 27.9 Å². The highest BCUT2D eigenvalue weighted by atomic mass is 127. The lowest BCUT2D eigenvalue weighted by Gasteiger charge is -2.15. The fraction of sp³-hybridized carbons (Fsp3) is 0.179. The Hall–Kier alpha value is -3.31. The van der Waals surface area contributed by atoms with Crippen LogP contribution in [-0.4, -0.2) is 35.2 Å². The molecule has 0 aromatic heterocycles. The average Bonchev–Trinajstić information content (AvgIpc) is 3.13. The number of nitrogens with one attached hydrogen (secondary N) is 1. The van der Waals surface area contributed by atoms with Gasteiger partial charge in [0, 0.05) is 5.69 Å². The van der Waals surface area contributed by atoms with Gasteiger partial charge in [0.1, 0.15) is 0 Å². The minimum absolute atomic E-state index is 0.192. The highest BCUT2D eigenvalue weighted by Gasteiger charge is 2.35.